The van der Waals surface area contributed by atoms with Gasteiger partial charge in [-0.05, 0) is 61.8 Å². The van der Waals surface area contributed by atoms with Crippen molar-refractivity contribution in [1.82, 2.24) is 0 Å². The molecular formula is C23H22. The fraction of sp³-hybridized carbons (Fsp3) is 0.217. The highest BCUT2D eigenvalue weighted by Gasteiger charge is 2.19. The van der Waals surface area contributed by atoms with Crippen molar-refractivity contribution in [3.63, 3.8) is 0 Å². The highest BCUT2D eigenvalue weighted by molar-refractivity contribution is 6.19. The van der Waals surface area contributed by atoms with Crippen molar-refractivity contribution in [2.24, 2.45) is 0 Å². The maximum atomic E-state index is 2.42. The molecule has 4 aromatic carbocycles. The zero-order chi connectivity index (χ0) is 16.2. The molecular weight excluding hydrogens is 276 g/mol. The van der Waals surface area contributed by atoms with Crippen LogP contribution >= 0.6 is 0 Å². The van der Waals surface area contributed by atoms with E-state index in [1.54, 1.807) is 0 Å². The largest absolute Gasteiger partial charge is 0.0616 e. The highest BCUT2D eigenvalue weighted by Crippen LogP contribution is 2.39. The van der Waals surface area contributed by atoms with Gasteiger partial charge in [-0.3, -0.25) is 0 Å². The average Bonchev–Trinajstić information content (AvgIpc) is 2.54. The van der Waals surface area contributed by atoms with E-state index in [2.05, 4.69) is 88.4 Å². The third-order valence-electron chi connectivity index (χ3n) is 4.90. The molecule has 0 heterocycles. The summed E-state index contributed by atoms with van der Waals surface area (Å²) in [6.45, 7) is 9.12. The fourth-order valence-electron chi connectivity index (χ4n) is 3.75. The van der Waals surface area contributed by atoms with Gasteiger partial charge in [0.25, 0.3) is 0 Å². The lowest BCUT2D eigenvalue weighted by Crippen LogP contribution is -2.11. The Bertz CT molecular complexity index is 1050. The second kappa shape index (κ2) is 4.83. The number of hydrogen-bond acceptors (Lipinski definition) is 0. The Morgan fingerprint density at radius 1 is 0.565 bits per heavy atom. The molecule has 4 rings (SSSR count). The molecule has 23 heavy (non-hydrogen) atoms. The normalized spacial score (nSPS) is 12.3. The highest BCUT2D eigenvalue weighted by atomic mass is 14.2. The Labute approximate surface area is 137 Å². The van der Waals surface area contributed by atoms with Crippen LogP contribution in [0.1, 0.15) is 31.9 Å². The molecule has 0 fully saturated rings. The van der Waals surface area contributed by atoms with Crippen LogP contribution in [0.5, 0.6) is 0 Å². The van der Waals surface area contributed by atoms with Gasteiger partial charge < -0.3 is 0 Å². The quantitative estimate of drug-likeness (QED) is 0.315. The summed E-state index contributed by atoms with van der Waals surface area (Å²) >= 11 is 0. The molecule has 0 heteroatoms. The predicted molar refractivity (Wildman–Crippen MR) is 102 cm³/mol. The van der Waals surface area contributed by atoms with Gasteiger partial charge in [0.05, 0.1) is 0 Å². The van der Waals surface area contributed by atoms with Crippen LogP contribution in [-0.4, -0.2) is 0 Å². The topological polar surface area (TPSA) is 0 Å². The molecule has 0 aliphatic heterocycles. The zero-order valence-corrected chi connectivity index (χ0v) is 14.3. The van der Waals surface area contributed by atoms with E-state index in [4.69, 9.17) is 0 Å². The lowest BCUT2D eigenvalue weighted by atomic mass is 9.81. The molecule has 0 nitrogen and oxygen atoms in total. The molecule has 0 bridgehead atoms. The van der Waals surface area contributed by atoms with Crippen molar-refractivity contribution in [3.05, 3.63) is 71.8 Å². The van der Waals surface area contributed by atoms with Gasteiger partial charge in [0.2, 0.25) is 0 Å². The van der Waals surface area contributed by atoms with E-state index in [0.717, 1.165) is 0 Å². The molecule has 0 aromatic heterocycles. The van der Waals surface area contributed by atoms with Gasteiger partial charge >= 0.3 is 0 Å². The van der Waals surface area contributed by atoms with Gasteiger partial charge in [-0.25, -0.2) is 0 Å². The van der Waals surface area contributed by atoms with Gasteiger partial charge in [0, 0.05) is 0 Å². The van der Waals surface area contributed by atoms with E-state index in [1.807, 2.05) is 0 Å². The van der Waals surface area contributed by atoms with Crippen LogP contribution in [0.4, 0.5) is 0 Å². The van der Waals surface area contributed by atoms with Crippen LogP contribution in [0.25, 0.3) is 32.3 Å². The minimum atomic E-state index is 0.125. The maximum absolute atomic E-state index is 2.42. The first-order chi connectivity index (χ1) is 11.0. The van der Waals surface area contributed by atoms with Gasteiger partial charge in [-0.2, -0.15) is 0 Å². The van der Waals surface area contributed by atoms with Crippen molar-refractivity contribution in [1.29, 1.82) is 0 Å². The second-order valence-electron chi connectivity index (χ2n) is 7.55. The summed E-state index contributed by atoms with van der Waals surface area (Å²) in [6.07, 6.45) is 0. The van der Waals surface area contributed by atoms with E-state index in [-0.39, 0.29) is 5.41 Å². The summed E-state index contributed by atoms with van der Waals surface area (Å²) in [5.74, 6) is 0. The molecule has 0 aliphatic rings. The van der Waals surface area contributed by atoms with E-state index in [9.17, 15) is 0 Å². The molecule has 0 saturated heterocycles. The van der Waals surface area contributed by atoms with Crippen molar-refractivity contribution in [3.8, 4) is 0 Å². The molecule has 0 radical (unpaired) electrons. The lowest BCUT2D eigenvalue weighted by Gasteiger charge is -2.23. The zero-order valence-electron chi connectivity index (χ0n) is 14.3. The molecule has 0 unspecified atom stereocenters. The Balaban J connectivity index is 2.32. The average molecular weight is 298 g/mol. The summed E-state index contributed by atoms with van der Waals surface area (Å²) in [5.41, 5.74) is 2.90. The van der Waals surface area contributed by atoms with E-state index in [0.29, 0.717) is 0 Å². The van der Waals surface area contributed by atoms with Crippen LogP contribution < -0.4 is 0 Å². The van der Waals surface area contributed by atoms with Crippen LogP contribution in [-0.2, 0) is 5.41 Å². The molecule has 114 valence electrons. The molecule has 0 atom stereocenters. The first-order valence-electron chi connectivity index (χ1n) is 8.31. The summed E-state index contributed by atoms with van der Waals surface area (Å²) in [4.78, 5) is 0. The summed E-state index contributed by atoms with van der Waals surface area (Å²) in [5, 5.41) is 8.19. The minimum absolute atomic E-state index is 0.125. The SMILES string of the molecule is Cc1cc2c3ccccc3c(C(C)(C)C)cc2c2ccccc12. The Morgan fingerprint density at radius 2 is 1.04 bits per heavy atom. The molecule has 0 N–H and O–H groups in total. The fourth-order valence-corrected chi connectivity index (χ4v) is 3.75. The molecule has 0 spiro atoms. The van der Waals surface area contributed by atoms with Crippen molar-refractivity contribution < 1.29 is 0 Å². The second-order valence-corrected chi connectivity index (χ2v) is 7.55. The number of benzene rings is 4. The number of fused-ring (bicyclic) bond motifs is 5. The Hall–Kier alpha value is -2.34. The third-order valence-corrected chi connectivity index (χ3v) is 4.90. The van der Waals surface area contributed by atoms with Gasteiger partial charge in [-0.1, -0.05) is 75.4 Å². The first kappa shape index (κ1) is 14.3. The summed E-state index contributed by atoms with van der Waals surface area (Å²) in [7, 11) is 0. The maximum Gasteiger partial charge on any atom is -0.00958 e. The predicted octanol–water partition coefficient (Wildman–Crippen LogP) is 6.75. The van der Waals surface area contributed by atoms with Crippen LogP contribution in [0.3, 0.4) is 0 Å². The van der Waals surface area contributed by atoms with Crippen molar-refractivity contribution >= 4 is 32.3 Å². The first-order valence-corrected chi connectivity index (χ1v) is 8.31. The van der Waals surface area contributed by atoms with Crippen molar-refractivity contribution in [2.75, 3.05) is 0 Å². The monoisotopic (exact) mass is 298 g/mol. The van der Waals surface area contributed by atoms with E-state index >= 15 is 0 Å². The molecule has 0 aliphatic carbocycles. The Kier molecular flexibility index (Phi) is 2.99. The summed E-state index contributed by atoms with van der Waals surface area (Å²) < 4.78 is 0. The molecule has 0 amide bonds. The number of rotatable bonds is 0. The van der Waals surface area contributed by atoms with Crippen LogP contribution in [0, 0.1) is 6.92 Å². The molecule has 0 saturated carbocycles. The summed E-state index contributed by atoms with van der Waals surface area (Å²) in [6, 6.07) is 22.4. The van der Waals surface area contributed by atoms with Gasteiger partial charge in [0.15, 0.2) is 0 Å². The van der Waals surface area contributed by atoms with Crippen molar-refractivity contribution in [2.45, 2.75) is 33.1 Å². The third kappa shape index (κ3) is 2.13. The number of hydrogen-bond donors (Lipinski definition) is 0. The minimum Gasteiger partial charge on any atom is -0.0616 e. The Morgan fingerprint density at radius 3 is 1.65 bits per heavy atom. The van der Waals surface area contributed by atoms with Gasteiger partial charge in [0.1, 0.15) is 0 Å². The van der Waals surface area contributed by atoms with E-state index in [1.165, 1.54) is 43.4 Å². The number of aryl methyl sites for hydroxylation is 1. The lowest BCUT2D eigenvalue weighted by molar-refractivity contribution is 0.596. The standard InChI is InChI=1S/C23H22/c1-15-13-20-18-11-7-8-12-19(18)22(23(2,3)4)14-21(20)17-10-6-5-9-16(15)17/h5-14H,1-4H3. The van der Waals surface area contributed by atoms with E-state index < -0.39 is 0 Å². The smallest absolute Gasteiger partial charge is 0.00958 e. The van der Waals surface area contributed by atoms with Crippen LogP contribution in [0.2, 0.25) is 0 Å². The van der Waals surface area contributed by atoms with Crippen LogP contribution in [0.15, 0.2) is 60.7 Å². The van der Waals surface area contributed by atoms with Gasteiger partial charge in [-0.15, -0.1) is 0 Å². The molecule has 4 aromatic rings.